The molecule has 5 heteroatoms. The number of nitrogens with zero attached hydrogens (tertiary/aromatic N) is 1. The van der Waals surface area contributed by atoms with Gasteiger partial charge in [-0.2, -0.15) is 5.26 Å². The highest BCUT2D eigenvalue weighted by Crippen LogP contribution is 2.20. The van der Waals surface area contributed by atoms with E-state index in [1.807, 2.05) is 6.07 Å². The maximum Gasteiger partial charge on any atom is 0.182 e. The number of rotatable bonds is 3. The van der Waals surface area contributed by atoms with Crippen LogP contribution in [0.5, 0.6) is 0 Å². The van der Waals surface area contributed by atoms with Gasteiger partial charge in [-0.15, -0.1) is 0 Å². The summed E-state index contributed by atoms with van der Waals surface area (Å²) < 4.78 is 37.6. The molecular weight excluding hydrogens is 277 g/mol. The number of aryl methyl sites for hydroxylation is 1. The molecule has 0 aliphatic heterocycles. The molecule has 0 aliphatic rings. The molecule has 0 amide bonds. The second-order valence-electron chi connectivity index (χ2n) is 4.47. The first-order valence-corrected chi connectivity index (χ1v) is 7.55. The maximum absolute atomic E-state index is 13.1. The van der Waals surface area contributed by atoms with Gasteiger partial charge in [0.2, 0.25) is 0 Å². The number of halogens is 1. The van der Waals surface area contributed by atoms with Gasteiger partial charge in [-0.05, 0) is 48.4 Å². The van der Waals surface area contributed by atoms with Crippen LogP contribution in [0, 0.1) is 24.1 Å². The van der Waals surface area contributed by atoms with Crippen molar-refractivity contribution in [2.45, 2.75) is 17.6 Å². The fraction of sp³-hybridized carbons (Fsp3) is 0.133. The standard InChI is InChI=1S/C15H12FNO2S/c1-11-7-12(9-17)5-6-13(11)10-20(18,19)15-4-2-3-14(16)8-15/h2-8H,10H2,1H3. The van der Waals surface area contributed by atoms with Crippen LogP contribution in [0.25, 0.3) is 0 Å². The Morgan fingerprint density at radius 3 is 2.55 bits per heavy atom. The van der Waals surface area contributed by atoms with Crippen LogP contribution in [0.4, 0.5) is 4.39 Å². The summed E-state index contributed by atoms with van der Waals surface area (Å²) in [6.07, 6.45) is 0. The topological polar surface area (TPSA) is 57.9 Å². The minimum absolute atomic E-state index is 0.0405. The lowest BCUT2D eigenvalue weighted by molar-refractivity contribution is 0.590. The van der Waals surface area contributed by atoms with Gasteiger partial charge < -0.3 is 0 Å². The van der Waals surface area contributed by atoms with E-state index in [1.165, 1.54) is 18.2 Å². The average Bonchev–Trinajstić information content (AvgIpc) is 2.41. The van der Waals surface area contributed by atoms with Crippen LogP contribution in [-0.4, -0.2) is 8.42 Å². The smallest absolute Gasteiger partial charge is 0.182 e. The monoisotopic (exact) mass is 289 g/mol. The van der Waals surface area contributed by atoms with Crippen molar-refractivity contribution in [2.75, 3.05) is 0 Å². The van der Waals surface area contributed by atoms with Gasteiger partial charge in [0, 0.05) is 0 Å². The van der Waals surface area contributed by atoms with Crippen molar-refractivity contribution in [3.8, 4) is 6.07 Å². The molecule has 0 N–H and O–H groups in total. The molecule has 0 saturated heterocycles. The van der Waals surface area contributed by atoms with Crippen molar-refractivity contribution in [2.24, 2.45) is 0 Å². The number of nitriles is 1. The zero-order valence-corrected chi connectivity index (χ0v) is 11.6. The summed E-state index contributed by atoms with van der Waals surface area (Å²) in [6, 6.07) is 11.8. The predicted molar refractivity (Wildman–Crippen MR) is 73.2 cm³/mol. The third-order valence-electron chi connectivity index (χ3n) is 2.97. The summed E-state index contributed by atoms with van der Waals surface area (Å²) in [7, 11) is -3.60. The van der Waals surface area contributed by atoms with E-state index in [-0.39, 0.29) is 10.6 Å². The molecule has 0 aromatic heterocycles. The van der Waals surface area contributed by atoms with Crippen LogP contribution in [0.2, 0.25) is 0 Å². The fourth-order valence-corrected chi connectivity index (χ4v) is 3.35. The van der Waals surface area contributed by atoms with E-state index in [9.17, 15) is 12.8 Å². The number of hydrogen-bond acceptors (Lipinski definition) is 3. The van der Waals surface area contributed by atoms with E-state index in [2.05, 4.69) is 0 Å². The van der Waals surface area contributed by atoms with Gasteiger partial charge in [0.05, 0.1) is 22.3 Å². The molecule has 0 atom stereocenters. The molecule has 0 bridgehead atoms. The molecule has 0 saturated carbocycles. The second kappa shape index (κ2) is 5.43. The number of hydrogen-bond donors (Lipinski definition) is 0. The molecule has 0 heterocycles. The Morgan fingerprint density at radius 1 is 1.20 bits per heavy atom. The summed E-state index contributed by atoms with van der Waals surface area (Å²) >= 11 is 0. The van der Waals surface area contributed by atoms with Gasteiger partial charge in [0.1, 0.15) is 5.82 Å². The Labute approximate surface area is 117 Å². The number of sulfone groups is 1. The van der Waals surface area contributed by atoms with E-state index in [4.69, 9.17) is 5.26 Å². The van der Waals surface area contributed by atoms with Crippen LogP contribution in [0.1, 0.15) is 16.7 Å². The number of benzene rings is 2. The molecule has 0 aliphatic carbocycles. The molecule has 0 fully saturated rings. The summed E-state index contributed by atoms with van der Waals surface area (Å²) in [6.45, 7) is 1.75. The Kier molecular flexibility index (Phi) is 3.86. The molecule has 3 nitrogen and oxygen atoms in total. The van der Waals surface area contributed by atoms with Gasteiger partial charge in [-0.1, -0.05) is 12.1 Å². The Balaban J connectivity index is 2.36. The zero-order valence-electron chi connectivity index (χ0n) is 10.8. The van der Waals surface area contributed by atoms with Crippen LogP contribution in [-0.2, 0) is 15.6 Å². The lowest BCUT2D eigenvalue weighted by Crippen LogP contribution is -2.06. The summed E-state index contributed by atoms with van der Waals surface area (Å²) in [4.78, 5) is -0.0405. The first-order chi connectivity index (χ1) is 9.42. The molecule has 0 spiro atoms. The zero-order chi connectivity index (χ0) is 14.8. The van der Waals surface area contributed by atoms with Crippen molar-refractivity contribution in [3.63, 3.8) is 0 Å². The van der Waals surface area contributed by atoms with E-state index in [1.54, 1.807) is 25.1 Å². The van der Waals surface area contributed by atoms with Crippen LogP contribution in [0.3, 0.4) is 0 Å². The molecule has 2 aromatic rings. The van der Waals surface area contributed by atoms with Gasteiger partial charge in [0.15, 0.2) is 9.84 Å². The maximum atomic E-state index is 13.1. The minimum Gasteiger partial charge on any atom is -0.223 e. The lowest BCUT2D eigenvalue weighted by atomic mass is 10.1. The quantitative estimate of drug-likeness (QED) is 0.872. The van der Waals surface area contributed by atoms with Gasteiger partial charge in [0.25, 0.3) is 0 Å². The highest BCUT2D eigenvalue weighted by Gasteiger charge is 2.17. The van der Waals surface area contributed by atoms with Gasteiger partial charge in [-0.3, -0.25) is 0 Å². The highest BCUT2D eigenvalue weighted by atomic mass is 32.2. The second-order valence-corrected chi connectivity index (χ2v) is 6.46. The molecule has 0 radical (unpaired) electrons. The molecule has 102 valence electrons. The van der Waals surface area contributed by atoms with Crippen LogP contribution >= 0.6 is 0 Å². The highest BCUT2D eigenvalue weighted by molar-refractivity contribution is 7.90. The SMILES string of the molecule is Cc1cc(C#N)ccc1CS(=O)(=O)c1cccc(F)c1. The third kappa shape index (κ3) is 3.03. The molecule has 20 heavy (non-hydrogen) atoms. The van der Waals surface area contributed by atoms with Crippen molar-refractivity contribution in [1.29, 1.82) is 5.26 Å². The summed E-state index contributed by atoms with van der Waals surface area (Å²) in [5, 5.41) is 8.78. The van der Waals surface area contributed by atoms with E-state index >= 15 is 0 Å². The Hall–Kier alpha value is -2.19. The average molecular weight is 289 g/mol. The summed E-state index contributed by atoms with van der Waals surface area (Å²) in [5.41, 5.74) is 1.81. The van der Waals surface area contributed by atoms with Gasteiger partial charge in [-0.25, -0.2) is 12.8 Å². The first-order valence-electron chi connectivity index (χ1n) is 5.90. The molecule has 2 aromatic carbocycles. The largest absolute Gasteiger partial charge is 0.223 e. The van der Waals surface area contributed by atoms with Crippen molar-refractivity contribution >= 4 is 9.84 Å². The predicted octanol–water partition coefficient (Wildman–Crippen LogP) is 2.98. The van der Waals surface area contributed by atoms with Crippen molar-refractivity contribution in [1.82, 2.24) is 0 Å². The lowest BCUT2D eigenvalue weighted by Gasteiger charge is -2.08. The summed E-state index contributed by atoms with van der Waals surface area (Å²) in [5.74, 6) is -0.795. The normalized spacial score (nSPS) is 11.1. The molecule has 0 unspecified atom stereocenters. The van der Waals surface area contributed by atoms with E-state index in [0.29, 0.717) is 11.1 Å². The fourth-order valence-electron chi connectivity index (χ4n) is 1.88. The van der Waals surface area contributed by atoms with Crippen LogP contribution < -0.4 is 0 Å². The van der Waals surface area contributed by atoms with E-state index < -0.39 is 15.7 Å². The molecule has 2 rings (SSSR count). The van der Waals surface area contributed by atoms with Crippen molar-refractivity contribution < 1.29 is 12.8 Å². The van der Waals surface area contributed by atoms with E-state index in [0.717, 1.165) is 11.6 Å². The van der Waals surface area contributed by atoms with Crippen LogP contribution in [0.15, 0.2) is 47.4 Å². The van der Waals surface area contributed by atoms with Crippen molar-refractivity contribution in [3.05, 3.63) is 65.0 Å². The minimum atomic E-state index is -3.60. The third-order valence-corrected chi connectivity index (χ3v) is 4.64. The molecular formula is C15H12FNO2S. The van der Waals surface area contributed by atoms with Gasteiger partial charge >= 0.3 is 0 Å². The first kappa shape index (κ1) is 14.2. The Bertz CT molecular complexity index is 792. The Morgan fingerprint density at radius 2 is 1.95 bits per heavy atom.